The summed E-state index contributed by atoms with van der Waals surface area (Å²) in [6, 6.07) is 8.55. The normalized spacial score (nSPS) is 11.1. The van der Waals surface area contributed by atoms with Crippen LogP contribution in [-0.2, 0) is 0 Å². The Bertz CT molecular complexity index is 1010. The maximum absolute atomic E-state index is 12.5. The van der Waals surface area contributed by atoms with E-state index in [9.17, 15) is 9.90 Å². The van der Waals surface area contributed by atoms with Crippen LogP contribution in [0.3, 0.4) is 0 Å². The Morgan fingerprint density at radius 3 is 2.30 bits per heavy atom. The van der Waals surface area contributed by atoms with Crippen molar-refractivity contribution in [3.05, 3.63) is 41.5 Å². The molecule has 0 fully saturated rings. The Labute approximate surface area is 155 Å². The molecule has 0 radical (unpaired) electrons. The third-order valence-corrected chi connectivity index (χ3v) is 4.06. The lowest BCUT2D eigenvalue weighted by molar-refractivity contribution is 0.0994. The van der Waals surface area contributed by atoms with E-state index in [4.69, 9.17) is 14.2 Å². The summed E-state index contributed by atoms with van der Waals surface area (Å²) in [5.74, 6) is 0.271. The number of carbonyl (C=O) groups excluding carboxylic acids is 1. The molecule has 0 aliphatic carbocycles. The van der Waals surface area contributed by atoms with Crippen molar-refractivity contribution >= 4 is 22.5 Å². The fraction of sp³-hybridized carbons (Fsp3) is 0.211. The maximum atomic E-state index is 12.5. The molecule has 1 aromatic heterocycles. The van der Waals surface area contributed by atoms with Crippen molar-refractivity contribution in [3.8, 4) is 23.1 Å². The number of fused-ring (bicyclic) bond motifs is 1. The minimum atomic E-state index is -0.615. The molecule has 27 heavy (non-hydrogen) atoms. The van der Waals surface area contributed by atoms with Crippen LogP contribution in [0, 0.1) is 6.92 Å². The highest BCUT2D eigenvalue weighted by atomic mass is 16.5. The smallest absolute Gasteiger partial charge is 0.295 e. The third kappa shape index (κ3) is 3.41. The first-order valence-corrected chi connectivity index (χ1v) is 8.05. The number of hydrogen-bond donors (Lipinski definition) is 2. The Kier molecular flexibility index (Phi) is 4.98. The molecule has 8 nitrogen and oxygen atoms in total. The van der Waals surface area contributed by atoms with Crippen molar-refractivity contribution in [3.63, 3.8) is 0 Å². The number of aromatic hydroxyl groups is 1. The second-order valence-electron chi connectivity index (χ2n) is 5.79. The molecule has 3 rings (SSSR count). The molecule has 140 valence electrons. The van der Waals surface area contributed by atoms with E-state index in [-0.39, 0.29) is 17.1 Å². The van der Waals surface area contributed by atoms with Crippen LogP contribution in [0.25, 0.3) is 10.9 Å². The maximum Gasteiger partial charge on any atom is 0.295 e. The summed E-state index contributed by atoms with van der Waals surface area (Å²) < 4.78 is 15.7. The fourth-order valence-corrected chi connectivity index (χ4v) is 2.74. The van der Waals surface area contributed by atoms with E-state index in [0.29, 0.717) is 28.2 Å². The van der Waals surface area contributed by atoms with E-state index in [2.05, 4.69) is 15.2 Å². The Hall–Kier alpha value is -3.55. The highest BCUT2D eigenvalue weighted by Gasteiger charge is 2.17. The van der Waals surface area contributed by atoms with Crippen LogP contribution in [0.2, 0.25) is 0 Å². The largest absolute Gasteiger partial charge is 0.493 e. The molecule has 0 aliphatic rings. The van der Waals surface area contributed by atoms with Crippen LogP contribution in [-0.4, -0.2) is 37.3 Å². The number of methoxy groups -OCH3 is 3. The van der Waals surface area contributed by atoms with Gasteiger partial charge in [-0.25, -0.2) is 0 Å². The fourth-order valence-electron chi connectivity index (χ4n) is 2.74. The quantitative estimate of drug-likeness (QED) is 0.658. The molecule has 0 aliphatic heterocycles. The monoisotopic (exact) mass is 369 g/mol. The third-order valence-electron chi connectivity index (χ3n) is 4.06. The summed E-state index contributed by atoms with van der Waals surface area (Å²) in [7, 11) is 4.39. The summed E-state index contributed by atoms with van der Waals surface area (Å²) in [5, 5.41) is 18.4. The molecule has 8 heteroatoms. The van der Waals surface area contributed by atoms with Gasteiger partial charge in [-0.15, -0.1) is 10.2 Å². The van der Waals surface area contributed by atoms with Crippen LogP contribution in [0.1, 0.15) is 15.9 Å². The van der Waals surface area contributed by atoms with Crippen LogP contribution in [0.4, 0.5) is 5.69 Å². The molecule has 1 heterocycles. The van der Waals surface area contributed by atoms with Crippen LogP contribution in [0.15, 0.2) is 40.6 Å². The minimum absolute atomic E-state index is 0.156. The molecule has 1 amide bonds. The van der Waals surface area contributed by atoms with Crippen molar-refractivity contribution < 1.29 is 24.1 Å². The molecule has 2 N–H and O–H groups in total. The van der Waals surface area contributed by atoms with Gasteiger partial charge in [0.1, 0.15) is 0 Å². The van der Waals surface area contributed by atoms with E-state index in [1.165, 1.54) is 33.5 Å². The lowest BCUT2D eigenvalue weighted by Gasteiger charge is -2.12. The number of nitrogens with one attached hydrogen (secondary N) is 1. The summed E-state index contributed by atoms with van der Waals surface area (Å²) in [6.07, 6.45) is 0. The number of nitrogens with zero attached hydrogens (tertiary/aromatic N) is 2. The number of carbonyl (C=O) groups is 1. The molecule has 0 atom stereocenters. The summed E-state index contributed by atoms with van der Waals surface area (Å²) >= 11 is 0. The van der Waals surface area contributed by atoms with Gasteiger partial charge in [-0.3, -0.25) is 4.79 Å². The number of ether oxygens (including phenoxy) is 3. The number of azo groups is 1. The highest BCUT2D eigenvalue weighted by Crippen LogP contribution is 2.39. The second kappa shape index (κ2) is 7.36. The SMILES string of the molecule is COc1cc(C(=O)N=Nc2c(O)[nH]c3ccc(C)cc23)cc(OC)c1OC. The number of aryl methyl sites for hydroxylation is 1. The van der Waals surface area contributed by atoms with Crippen LogP contribution < -0.4 is 14.2 Å². The van der Waals surface area contributed by atoms with Crippen molar-refractivity contribution in [1.29, 1.82) is 0 Å². The zero-order chi connectivity index (χ0) is 19.6. The second-order valence-corrected chi connectivity index (χ2v) is 5.79. The van der Waals surface area contributed by atoms with Crippen LogP contribution in [0.5, 0.6) is 23.1 Å². The summed E-state index contributed by atoms with van der Waals surface area (Å²) in [5.41, 5.74) is 2.11. The number of H-pyrrole nitrogens is 1. The van der Waals surface area contributed by atoms with Gasteiger partial charge in [0.15, 0.2) is 17.2 Å². The lowest BCUT2D eigenvalue weighted by Crippen LogP contribution is -2.00. The van der Waals surface area contributed by atoms with Gasteiger partial charge in [0.25, 0.3) is 5.91 Å². The first kappa shape index (κ1) is 18.2. The van der Waals surface area contributed by atoms with Gasteiger partial charge in [-0.05, 0) is 31.2 Å². The molecule has 0 spiro atoms. The molecule has 0 saturated carbocycles. The first-order valence-electron chi connectivity index (χ1n) is 8.05. The molecule has 3 aromatic rings. The predicted molar refractivity (Wildman–Crippen MR) is 99.6 cm³/mol. The molecular weight excluding hydrogens is 350 g/mol. The summed E-state index contributed by atoms with van der Waals surface area (Å²) in [6.45, 7) is 1.92. The minimum Gasteiger partial charge on any atom is -0.493 e. The average Bonchev–Trinajstić information content (AvgIpc) is 2.99. The van der Waals surface area contributed by atoms with Gasteiger partial charge in [-0.2, -0.15) is 0 Å². The van der Waals surface area contributed by atoms with Crippen molar-refractivity contribution in [2.75, 3.05) is 21.3 Å². The van der Waals surface area contributed by atoms with E-state index in [0.717, 1.165) is 5.56 Å². The Morgan fingerprint density at radius 2 is 1.70 bits per heavy atom. The molecular formula is C19H19N3O5. The molecule has 0 saturated heterocycles. The number of hydrogen-bond acceptors (Lipinski definition) is 6. The molecule has 0 unspecified atom stereocenters. The van der Waals surface area contributed by atoms with Gasteiger partial charge < -0.3 is 24.3 Å². The zero-order valence-electron chi connectivity index (χ0n) is 15.4. The Balaban J connectivity index is 1.98. The predicted octanol–water partition coefficient (Wildman–Crippen LogP) is 4.13. The van der Waals surface area contributed by atoms with Crippen molar-refractivity contribution in [1.82, 2.24) is 4.98 Å². The zero-order valence-corrected chi connectivity index (χ0v) is 15.4. The van der Waals surface area contributed by atoms with Gasteiger partial charge in [0, 0.05) is 5.39 Å². The molecule has 0 bridgehead atoms. The van der Waals surface area contributed by atoms with E-state index in [1.54, 1.807) is 0 Å². The Morgan fingerprint density at radius 1 is 1.04 bits per heavy atom. The number of rotatable bonds is 5. The number of benzene rings is 2. The van der Waals surface area contributed by atoms with E-state index < -0.39 is 5.91 Å². The first-order chi connectivity index (χ1) is 13.0. The van der Waals surface area contributed by atoms with Gasteiger partial charge >= 0.3 is 0 Å². The number of amides is 1. The molecule has 2 aromatic carbocycles. The lowest BCUT2D eigenvalue weighted by atomic mass is 10.1. The van der Waals surface area contributed by atoms with Gasteiger partial charge in [-0.1, -0.05) is 11.6 Å². The van der Waals surface area contributed by atoms with Crippen molar-refractivity contribution in [2.24, 2.45) is 10.2 Å². The number of aromatic nitrogens is 1. The average molecular weight is 369 g/mol. The van der Waals surface area contributed by atoms with Gasteiger partial charge in [0.2, 0.25) is 11.6 Å². The standard InChI is InChI=1S/C19H19N3O5/c1-10-5-6-13-12(7-10)16(19(24)20-13)21-22-18(23)11-8-14(25-2)17(27-4)15(9-11)26-3/h5-9,20,24H,1-4H3. The highest BCUT2D eigenvalue weighted by molar-refractivity contribution is 5.98. The summed E-state index contributed by atoms with van der Waals surface area (Å²) in [4.78, 5) is 15.3. The van der Waals surface area contributed by atoms with E-state index in [1.807, 2.05) is 25.1 Å². The number of aromatic amines is 1. The van der Waals surface area contributed by atoms with Crippen LogP contribution >= 0.6 is 0 Å². The van der Waals surface area contributed by atoms with E-state index >= 15 is 0 Å². The van der Waals surface area contributed by atoms with Gasteiger partial charge in [0.05, 0.1) is 32.4 Å². The topological polar surface area (TPSA) is 106 Å². The van der Waals surface area contributed by atoms with Crippen molar-refractivity contribution in [2.45, 2.75) is 6.92 Å².